The zero-order chi connectivity index (χ0) is 37.7. The molecule has 0 aliphatic carbocycles. The third-order valence-corrected chi connectivity index (χ3v) is 10.9. The van der Waals surface area contributed by atoms with Crippen molar-refractivity contribution < 1.29 is 8.83 Å². The molecule has 11 aromatic rings. The quantitative estimate of drug-likeness (QED) is 0.164. The molecule has 0 bridgehead atoms. The van der Waals surface area contributed by atoms with E-state index in [0.29, 0.717) is 5.89 Å². The summed E-state index contributed by atoms with van der Waals surface area (Å²) in [6.45, 7) is 0. The van der Waals surface area contributed by atoms with Crippen LogP contribution in [0.3, 0.4) is 0 Å². The monoisotopic (exact) mass is 730 g/mol. The van der Waals surface area contributed by atoms with Crippen LogP contribution in [0.1, 0.15) is 0 Å². The summed E-state index contributed by atoms with van der Waals surface area (Å²) >= 11 is 0. The molecule has 11 rings (SSSR count). The normalized spacial score (nSPS) is 11.5. The van der Waals surface area contributed by atoms with Gasteiger partial charge in [-0.3, -0.25) is 0 Å². The van der Waals surface area contributed by atoms with Crippen molar-refractivity contribution in [3.63, 3.8) is 0 Å². The first-order valence-electron chi connectivity index (χ1n) is 19.2. The SMILES string of the molecule is c1ccc(-c2cccc(N(c3ccc(-c4cccc5nc(-c6cccc7oc8ccccc8c67)oc45)cc3)c3cccc(-c4ccc5ccccc5c4)c3)c2)cc1. The summed E-state index contributed by atoms with van der Waals surface area (Å²) in [4.78, 5) is 7.33. The molecule has 9 aromatic carbocycles. The highest BCUT2D eigenvalue weighted by atomic mass is 16.4. The summed E-state index contributed by atoms with van der Waals surface area (Å²) in [6, 6.07) is 72.4. The van der Waals surface area contributed by atoms with Gasteiger partial charge in [-0.05, 0) is 105 Å². The molecule has 4 heteroatoms. The van der Waals surface area contributed by atoms with E-state index in [1.807, 2.05) is 42.5 Å². The Morgan fingerprint density at radius 2 is 0.982 bits per heavy atom. The third kappa shape index (κ3) is 5.83. The van der Waals surface area contributed by atoms with Crippen LogP contribution in [0.4, 0.5) is 17.1 Å². The second kappa shape index (κ2) is 13.6. The molecule has 0 aliphatic rings. The zero-order valence-electron chi connectivity index (χ0n) is 30.8. The molecule has 2 heterocycles. The zero-order valence-corrected chi connectivity index (χ0v) is 30.8. The topological polar surface area (TPSA) is 42.4 Å². The van der Waals surface area contributed by atoms with Crippen molar-refractivity contribution >= 4 is 60.9 Å². The summed E-state index contributed by atoms with van der Waals surface area (Å²) in [7, 11) is 0. The smallest absolute Gasteiger partial charge is 0.228 e. The maximum absolute atomic E-state index is 6.66. The minimum Gasteiger partial charge on any atom is -0.456 e. The van der Waals surface area contributed by atoms with Crippen molar-refractivity contribution in [2.45, 2.75) is 0 Å². The largest absolute Gasteiger partial charge is 0.456 e. The van der Waals surface area contributed by atoms with E-state index in [9.17, 15) is 0 Å². The van der Waals surface area contributed by atoms with Crippen molar-refractivity contribution in [3.05, 3.63) is 206 Å². The molecule has 0 spiro atoms. The second-order valence-electron chi connectivity index (χ2n) is 14.4. The van der Waals surface area contributed by atoms with Gasteiger partial charge in [0, 0.05) is 39.0 Å². The van der Waals surface area contributed by atoms with Crippen molar-refractivity contribution in [1.82, 2.24) is 4.98 Å². The van der Waals surface area contributed by atoms with Gasteiger partial charge in [-0.1, -0.05) is 140 Å². The number of fused-ring (bicyclic) bond motifs is 5. The predicted molar refractivity (Wildman–Crippen MR) is 235 cm³/mol. The highest BCUT2D eigenvalue weighted by molar-refractivity contribution is 6.12. The van der Waals surface area contributed by atoms with Crippen LogP contribution in [-0.2, 0) is 0 Å². The Balaban J connectivity index is 1.01. The number of furan rings is 1. The van der Waals surface area contributed by atoms with Crippen LogP contribution in [-0.4, -0.2) is 4.98 Å². The fourth-order valence-electron chi connectivity index (χ4n) is 8.13. The van der Waals surface area contributed by atoms with Gasteiger partial charge in [0.2, 0.25) is 5.89 Å². The van der Waals surface area contributed by atoms with Gasteiger partial charge in [-0.25, -0.2) is 4.98 Å². The molecule has 0 amide bonds. The highest BCUT2D eigenvalue weighted by Gasteiger charge is 2.19. The van der Waals surface area contributed by atoms with E-state index in [1.54, 1.807) is 0 Å². The maximum Gasteiger partial charge on any atom is 0.228 e. The molecule has 57 heavy (non-hydrogen) atoms. The van der Waals surface area contributed by atoms with E-state index in [-0.39, 0.29) is 0 Å². The fraction of sp³-hybridized carbons (Fsp3) is 0. The van der Waals surface area contributed by atoms with Gasteiger partial charge < -0.3 is 13.7 Å². The molecule has 0 radical (unpaired) electrons. The Bertz CT molecular complexity index is 3250. The van der Waals surface area contributed by atoms with Gasteiger partial charge in [0.1, 0.15) is 16.7 Å². The van der Waals surface area contributed by atoms with Crippen molar-refractivity contribution in [3.8, 4) is 44.8 Å². The second-order valence-corrected chi connectivity index (χ2v) is 14.4. The van der Waals surface area contributed by atoms with Crippen LogP contribution in [0.5, 0.6) is 0 Å². The molecule has 0 atom stereocenters. The number of para-hydroxylation sites is 2. The summed E-state index contributed by atoms with van der Waals surface area (Å²) in [5.74, 6) is 0.571. The van der Waals surface area contributed by atoms with E-state index in [2.05, 4.69) is 169 Å². The molecule has 0 saturated heterocycles. The minimum absolute atomic E-state index is 0.571. The number of aromatic nitrogens is 1. The molecule has 4 nitrogen and oxygen atoms in total. The molecule has 2 aromatic heterocycles. The third-order valence-electron chi connectivity index (χ3n) is 10.9. The van der Waals surface area contributed by atoms with Gasteiger partial charge in [0.15, 0.2) is 5.58 Å². The summed E-state index contributed by atoms with van der Waals surface area (Å²) in [6.07, 6.45) is 0. The Morgan fingerprint density at radius 1 is 0.368 bits per heavy atom. The Hall–Kier alpha value is -7.69. The lowest BCUT2D eigenvalue weighted by molar-refractivity contribution is 0.621. The number of nitrogens with zero attached hydrogens (tertiary/aromatic N) is 2. The van der Waals surface area contributed by atoms with Crippen molar-refractivity contribution in [1.29, 1.82) is 0 Å². The number of hydrogen-bond donors (Lipinski definition) is 0. The summed E-state index contributed by atoms with van der Waals surface area (Å²) < 4.78 is 12.8. The molecule has 268 valence electrons. The van der Waals surface area contributed by atoms with Crippen molar-refractivity contribution in [2.75, 3.05) is 4.90 Å². The number of anilines is 3. The number of hydrogen-bond acceptors (Lipinski definition) is 4. The standard InChI is InChI=1S/C53H34N2O2/c1-2-12-35(13-3-1)39-16-8-18-43(33-39)55(44-19-9-17-40(34-44)41-27-26-36-14-4-5-15-38(36)32-41)42-30-28-37(29-31-42)45-21-10-23-48-52(45)57-53(54-48)47-22-11-25-50-51(47)46-20-6-7-24-49(46)56-50/h1-34H. The lowest BCUT2D eigenvalue weighted by Crippen LogP contribution is -2.10. The average molecular weight is 731 g/mol. The Morgan fingerprint density at radius 3 is 1.81 bits per heavy atom. The summed E-state index contributed by atoms with van der Waals surface area (Å²) in [5.41, 5.74) is 14.0. The van der Waals surface area contributed by atoms with Gasteiger partial charge in [0.25, 0.3) is 0 Å². The molecular formula is C53H34N2O2. The van der Waals surface area contributed by atoms with Crippen LogP contribution >= 0.6 is 0 Å². The number of benzene rings is 9. The summed E-state index contributed by atoms with van der Waals surface area (Å²) in [5, 5.41) is 4.51. The molecule has 0 fully saturated rings. The first kappa shape index (κ1) is 32.7. The van der Waals surface area contributed by atoms with Gasteiger partial charge >= 0.3 is 0 Å². The number of rotatable bonds is 7. The van der Waals surface area contributed by atoms with Crippen LogP contribution in [0.2, 0.25) is 0 Å². The minimum atomic E-state index is 0.571. The van der Waals surface area contributed by atoms with E-state index in [4.69, 9.17) is 13.8 Å². The van der Waals surface area contributed by atoms with Crippen LogP contribution < -0.4 is 4.90 Å². The molecule has 0 saturated carbocycles. The van der Waals surface area contributed by atoms with Gasteiger partial charge in [0.05, 0.1) is 0 Å². The van der Waals surface area contributed by atoms with E-state index in [0.717, 1.165) is 77.9 Å². The van der Waals surface area contributed by atoms with Gasteiger partial charge in [-0.15, -0.1) is 0 Å². The molecule has 0 N–H and O–H groups in total. The first-order valence-corrected chi connectivity index (χ1v) is 19.2. The van der Waals surface area contributed by atoms with Crippen LogP contribution in [0.15, 0.2) is 215 Å². The van der Waals surface area contributed by atoms with E-state index >= 15 is 0 Å². The molecule has 0 unspecified atom stereocenters. The van der Waals surface area contributed by atoms with E-state index in [1.165, 1.54) is 21.9 Å². The van der Waals surface area contributed by atoms with Crippen LogP contribution in [0, 0.1) is 0 Å². The molecular weight excluding hydrogens is 697 g/mol. The van der Waals surface area contributed by atoms with Gasteiger partial charge in [-0.2, -0.15) is 0 Å². The average Bonchev–Trinajstić information content (AvgIpc) is 3.90. The number of oxazole rings is 1. The maximum atomic E-state index is 6.66. The fourth-order valence-corrected chi connectivity index (χ4v) is 8.13. The predicted octanol–water partition coefficient (Wildman–Crippen LogP) is 15.0. The Labute approximate surface area is 329 Å². The van der Waals surface area contributed by atoms with Crippen molar-refractivity contribution in [2.24, 2.45) is 0 Å². The molecule has 0 aliphatic heterocycles. The lowest BCUT2D eigenvalue weighted by atomic mass is 10.00. The Kier molecular flexibility index (Phi) is 7.78. The highest BCUT2D eigenvalue weighted by Crippen LogP contribution is 2.42. The lowest BCUT2D eigenvalue weighted by Gasteiger charge is -2.27. The van der Waals surface area contributed by atoms with E-state index < -0.39 is 0 Å². The van der Waals surface area contributed by atoms with Crippen LogP contribution in [0.25, 0.3) is 88.6 Å². The first-order chi connectivity index (χ1) is 28.2.